The molecule has 5 nitrogen and oxygen atoms in total. The standard InChI is InChI=1S/C20H17FN4OS/c1-12-5-6-14(21)9-18(12)24-20(26)16-8-13(2)23-19-17(16)10-22-25(19)11-15-4-3-7-27-15/h3-10H,11H2,1-2H3,(H,24,26). The molecule has 3 heterocycles. The van der Waals surface area contributed by atoms with E-state index in [-0.39, 0.29) is 5.91 Å². The van der Waals surface area contributed by atoms with Crippen LogP contribution in [0, 0.1) is 19.7 Å². The van der Waals surface area contributed by atoms with Gasteiger partial charge in [-0.05, 0) is 49.1 Å². The third kappa shape index (κ3) is 3.46. The molecule has 136 valence electrons. The highest BCUT2D eigenvalue weighted by molar-refractivity contribution is 7.09. The number of aryl methyl sites for hydroxylation is 2. The summed E-state index contributed by atoms with van der Waals surface area (Å²) in [5.74, 6) is -0.703. The van der Waals surface area contributed by atoms with Gasteiger partial charge in [0.05, 0.1) is 23.7 Å². The van der Waals surface area contributed by atoms with Crippen LogP contribution in [0.1, 0.15) is 26.5 Å². The van der Waals surface area contributed by atoms with Gasteiger partial charge in [-0.2, -0.15) is 5.10 Å². The summed E-state index contributed by atoms with van der Waals surface area (Å²) in [5, 5.41) is 9.90. The molecule has 0 aliphatic carbocycles. The number of halogens is 1. The number of benzene rings is 1. The number of hydrogen-bond acceptors (Lipinski definition) is 4. The zero-order valence-corrected chi connectivity index (χ0v) is 15.7. The average molecular weight is 380 g/mol. The van der Waals surface area contributed by atoms with E-state index in [2.05, 4.69) is 15.4 Å². The maximum absolute atomic E-state index is 13.5. The Hall–Kier alpha value is -3.06. The molecule has 27 heavy (non-hydrogen) atoms. The van der Waals surface area contributed by atoms with E-state index in [1.165, 1.54) is 12.1 Å². The topological polar surface area (TPSA) is 59.8 Å². The van der Waals surface area contributed by atoms with Gasteiger partial charge in [0.2, 0.25) is 0 Å². The lowest BCUT2D eigenvalue weighted by molar-refractivity contribution is 0.102. The number of amides is 1. The maximum atomic E-state index is 13.5. The van der Waals surface area contributed by atoms with E-state index in [1.807, 2.05) is 31.4 Å². The number of fused-ring (bicyclic) bond motifs is 1. The SMILES string of the molecule is Cc1cc(C(=O)Nc2cc(F)ccc2C)c2cnn(Cc3cccs3)c2n1. The number of carbonyl (C=O) groups is 1. The summed E-state index contributed by atoms with van der Waals surface area (Å²) in [4.78, 5) is 18.6. The number of aromatic nitrogens is 3. The van der Waals surface area contributed by atoms with Crippen molar-refractivity contribution in [1.82, 2.24) is 14.8 Å². The van der Waals surface area contributed by atoms with Gasteiger partial charge < -0.3 is 5.32 Å². The summed E-state index contributed by atoms with van der Waals surface area (Å²) in [5.41, 5.74) is 3.09. The fourth-order valence-electron chi connectivity index (χ4n) is 2.95. The molecular formula is C20H17FN4OS. The molecule has 4 aromatic rings. The Morgan fingerprint density at radius 1 is 1.26 bits per heavy atom. The lowest BCUT2D eigenvalue weighted by Crippen LogP contribution is -2.14. The Bertz CT molecular complexity index is 1130. The molecule has 1 aromatic carbocycles. The van der Waals surface area contributed by atoms with Crippen LogP contribution in [0.2, 0.25) is 0 Å². The normalized spacial score (nSPS) is 11.1. The molecule has 0 aliphatic rings. The van der Waals surface area contributed by atoms with Gasteiger partial charge in [-0.15, -0.1) is 11.3 Å². The van der Waals surface area contributed by atoms with Crippen LogP contribution < -0.4 is 5.32 Å². The lowest BCUT2D eigenvalue weighted by atomic mass is 10.1. The van der Waals surface area contributed by atoms with E-state index in [1.54, 1.807) is 34.3 Å². The lowest BCUT2D eigenvalue weighted by Gasteiger charge is -2.10. The molecule has 0 saturated carbocycles. The highest BCUT2D eigenvalue weighted by Crippen LogP contribution is 2.23. The van der Waals surface area contributed by atoms with E-state index in [4.69, 9.17) is 0 Å². The van der Waals surface area contributed by atoms with E-state index >= 15 is 0 Å². The molecule has 7 heteroatoms. The van der Waals surface area contributed by atoms with Crippen molar-refractivity contribution in [3.63, 3.8) is 0 Å². The van der Waals surface area contributed by atoms with Crippen LogP contribution in [-0.2, 0) is 6.54 Å². The van der Waals surface area contributed by atoms with Crippen molar-refractivity contribution in [2.24, 2.45) is 0 Å². The molecular weight excluding hydrogens is 363 g/mol. The highest BCUT2D eigenvalue weighted by Gasteiger charge is 2.17. The summed E-state index contributed by atoms with van der Waals surface area (Å²) in [6.07, 6.45) is 1.66. The molecule has 1 N–H and O–H groups in total. The molecule has 0 fully saturated rings. The Kier molecular flexibility index (Phi) is 4.45. The van der Waals surface area contributed by atoms with Gasteiger partial charge in [-0.1, -0.05) is 12.1 Å². The molecule has 1 amide bonds. The van der Waals surface area contributed by atoms with Gasteiger partial charge in [0.15, 0.2) is 5.65 Å². The molecule has 0 bridgehead atoms. The largest absolute Gasteiger partial charge is 0.322 e. The molecule has 0 radical (unpaired) electrons. The number of hydrogen-bond donors (Lipinski definition) is 1. The second kappa shape index (κ2) is 6.92. The Labute approximate surface area is 159 Å². The van der Waals surface area contributed by atoms with Crippen molar-refractivity contribution in [2.75, 3.05) is 5.32 Å². The van der Waals surface area contributed by atoms with Gasteiger partial charge in [-0.3, -0.25) is 4.79 Å². The Balaban J connectivity index is 1.72. The van der Waals surface area contributed by atoms with Crippen molar-refractivity contribution >= 4 is 34.0 Å². The summed E-state index contributed by atoms with van der Waals surface area (Å²) >= 11 is 1.65. The summed E-state index contributed by atoms with van der Waals surface area (Å²) in [6, 6.07) is 10.1. The molecule has 3 aromatic heterocycles. The third-order valence-corrected chi connectivity index (χ3v) is 5.18. The van der Waals surface area contributed by atoms with Gasteiger partial charge in [0, 0.05) is 16.3 Å². The predicted octanol–water partition coefficient (Wildman–Crippen LogP) is 4.55. The van der Waals surface area contributed by atoms with Crippen LogP contribution in [-0.4, -0.2) is 20.7 Å². The van der Waals surface area contributed by atoms with Crippen LogP contribution in [0.25, 0.3) is 11.0 Å². The molecule has 4 rings (SSSR count). The minimum Gasteiger partial charge on any atom is -0.322 e. The number of nitrogens with zero attached hydrogens (tertiary/aromatic N) is 3. The van der Waals surface area contributed by atoms with Crippen LogP contribution in [0.3, 0.4) is 0 Å². The van der Waals surface area contributed by atoms with Gasteiger partial charge in [-0.25, -0.2) is 14.1 Å². The number of pyridine rings is 1. The zero-order valence-electron chi connectivity index (χ0n) is 14.9. The first-order valence-corrected chi connectivity index (χ1v) is 9.32. The summed E-state index contributed by atoms with van der Waals surface area (Å²) in [6.45, 7) is 4.26. The highest BCUT2D eigenvalue weighted by atomic mass is 32.1. The van der Waals surface area contributed by atoms with Crippen molar-refractivity contribution in [1.29, 1.82) is 0 Å². The molecule has 0 aliphatic heterocycles. The number of nitrogens with one attached hydrogen (secondary N) is 1. The van der Waals surface area contributed by atoms with Gasteiger partial charge >= 0.3 is 0 Å². The fraction of sp³-hybridized carbons (Fsp3) is 0.150. The maximum Gasteiger partial charge on any atom is 0.256 e. The Morgan fingerprint density at radius 2 is 2.11 bits per heavy atom. The van der Waals surface area contributed by atoms with Crippen LogP contribution in [0.15, 0.2) is 48.0 Å². The fourth-order valence-corrected chi connectivity index (χ4v) is 3.63. The van der Waals surface area contributed by atoms with Crippen LogP contribution in [0.4, 0.5) is 10.1 Å². The van der Waals surface area contributed by atoms with Crippen molar-refractivity contribution < 1.29 is 9.18 Å². The van der Waals surface area contributed by atoms with Crippen LogP contribution >= 0.6 is 11.3 Å². The van der Waals surface area contributed by atoms with Crippen molar-refractivity contribution in [3.05, 3.63) is 75.5 Å². The quantitative estimate of drug-likeness (QED) is 0.565. The molecule has 0 atom stereocenters. The minimum absolute atomic E-state index is 0.310. The van der Waals surface area contributed by atoms with E-state index in [9.17, 15) is 9.18 Å². The molecule has 0 spiro atoms. The predicted molar refractivity (Wildman–Crippen MR) is 105 cm³/mol. The Morgan fingerprint density at radius 3 is 2.89 bits per heavy atom. The monoisotopic (exact) mass is 380 g/mol. The number of anilines is 1. The first kappa shape index (κ1) is 17.4. The van der Waals surface area contributed by atoms with Crippen molar-refractivity contribution in [2.45, 2.75) is 20.4 Å². The zero-order chi connectivity index (χ0) is 19.0. The van der Waals surface area contributed by atoms with E-state index in [0.717, 1.165) is 16.1 Å². The minimum atomic E-state index is -0.393. The van der Waals surface area contributed by atoms with Crippen molar-refractivity contribution in [3.8, 4) is 0 Å². The first-order chi connectivity index (χ1) is 13.0. The molecule has 0 unspecified atom stereocenters. The second-order valence-electron chi connectivity index (χ2n) is 6.34. The first-order valence-electron chi connectivity index (χ1n) is 8.44. The van der Waals surface area contributed by atoms with Crippen LogP contribution in [0.5, 0.6) is 0 Å². The number of rotatable bonds is 4. The smallest absolute Gasteiger partial charge is 0.256 e. The third-order valence-electron chi connectivity index (χ3n) is 4.32. The number of thiophene rings is 1. The molecule has 0 saturated heterocycles. The van der Waals surface area contributed by atoms with E-state index < -0.39 is 5.82 Å². The van der Waals surface area contributed by atoms with Gasteiger partial charge in [0.1, 0.15) is 5.82 Å². The average Bonchev–Trinajstić information content (AvgIpc) is 3.28. The summed E-state index contributed by atoms with van der Waals surface area (Å²) < 4.78 is 15.3. The van der Waals surface area contributed by atoms with Gasteiger partial charge in [0.25, 0.3) is 5.91 Å². The van der Waals surface area contributed by atoms with E-state index in [0.29, 0.717) is 28.8 Å². The number of carbonyl (C=O) groups excluding carboxylic acids is 1. The summed E-state index contributed by atoms with van der Waals surface area (Å²) in [7, 11) is 0. The second-order valence-corrected chi connectivity index (χ2v) is 7.38.